The minimum atomic E-state index is -1.91. The molecule has 64 heavy (non-hydrogen) atoms. The van der Waals surface area contributed by atoms with E-state index in [1.807, 2.05) is 13.0 Å². The van der Waals surface area contributed by atoms with E-state index in [0.717, 1.165) is 0 Å². The van der Waals surface area contributed by atoms with Crippen molar-refractivity contribution in [3.8, 4) is 0 Å². The normalized spacial score (nSPS) is 37.4. The Labute approximate surface area is 375 Å². The Morgan fingerprint density at radius 2 is 1.11 bits per heavy atom. The lowest BCUT2D eigenvalue weighted by Crippen LogP contribution is -2.52. The molecule has 0 amide bonds. The predicted molar refractivity (Wildman–Crippen MR) is 236 cm³/mol. The summed E-state index contributed by atoms with van der Waals surface area (Å²) in [6.07, 6.45) is 6.03. The van der Waals surface area contributed by atoms with E-state index in [1.54, 1.807) is 99.8 Å². The lowest BCUT2D eigenvalue weighted by atomic mass is 9.88. The van der Waals surface area contributed by atoms with Crippen LogP contribution < -0.4 is 5.73 Å². The molecular formula is C47H71NO16. The fourth-order valence-electron chi connectivity index (χ4n) is 7.16. The molecule has 0 aromatic rings. The number of nitrogens with two attached hydrogens (primary N) is 1. The molecule has 0 aromatic carbocycles. The minimum Gasteiger partial charge on any atom is -0.481 e. The maximum atomic E-state index is 12.9. The van der Waals surface area contributed by atoms with Gasteiger partial charge in [-0.05, 0) is 26.7 Å². The Kier molecular flexibility index (Phi) is 25.9. The highest BCUT2D eigenvalue weighted by Gasteiger charge is 2.39. The Hall–Kier alpha value is -3.98. The molecule has 16 unspecified atom stereocenters. The topological polar surface area (TPSA) is 304 Å². The second-order valence-electron chi connectivity index (χ2n) is 16.8. The summed E-state index contributed by atoms with van der Waals surface area (Å²) in [7, 11) is 0. The summed E-state index contributed by atoms with van der Waals surface area (Å²) in [4.78, 5) is 50.2. The smallest absolute Gasteiger partial charge is 0.311 e. The first kappa shape index (κ1) is 56.2. The van der Waals surface area contributed by atoms with Crippen LogP contribution in [0.5, 0.6) is 0 Å². The molecule has 2 rings (SSSR count). The first-order chi connectivity index (χ1) is 30.2. The summed E-state index contributed by atoms with van der Waals surface area (Å²) in [5.74, 6) is -6.44. The lowest BCUT2D eigenvalue weighted by molar-refractivity contribution is -0.235. The van der Waals surface area contributed by atoms with Gasteiger partial charge in [-0.3, -0.25) is 19.2 Å². The van der Waals surface area contributed by atoms with E-state index >= 15 is 0 Å². The van der Waals surface area contributed by atoms with Crippen molar-refractivity contribution in [1.29, 1.82) is 0 Å². The Morgan fingerprint density at radius 1 is 0.594 bits per heavy atom. The molecule has 0 aromatic heterocycles. The van der Waals surface area contributed by atoms with Crippen molar-refractivity contribution in [1.82, 2.24) is 0 Å². The molecule has 360 valence electrons. The average Bonchev–Trinajstić information content (AvgIpc) is 3.20. The number of aliphatic hydroxyl groups is 8. The molecule has 17 nitrogen and oxygen atoms in total. The molecule has 16 atom stereocenters. The molecule has 1 fully saturated rings. The van der Waals surface area contributed by atoms with E-state index in [-0.39, 0.29) is 31.6 Å². The molecule has 0 spiro atoms. The van der Waals surface area contributed by atoms with Gasteiger partial charge < -0.3 is 65.9 Å². The fourth-order valence-corrected chi connectivity index (χ4v) is 7.16. The number of cyclic esters (lactones) is 1. The van der Waals surface area contributed by atoms with E-state index < -0.39 is 147 Å². The van der Waals surface area contributed by atoms with Gasteiger partial charge in [0.15, 0.2) is 6.29 Å². The summed E-state index contributed by atoms with van der Waals surface area (Å²) >= 11 is 0. The van der Waals surface area contributed by atoms with Gasteiger partial charge in [0, 0.05) is 56.4 Å². The van der Waals surface area contributed by atoms with Gasteiger partial charge >= 0.3 is 11.9 Å². The van der Waals surface area contributed by atoms with Gasteiger partial charge in [0.05, 0.1) is 67.5 Å². The highest BCUT2D eigenvalue weighted by atomic mass is 16.7. The molecule has 0 aliphatic carbocycles. The zero-order valence-electron chi connectivity index (χ0n) is 37.1. The third-order valence-electron chi connectivity index (χ3n) is 11.2. The van der Waals surface area contributed by atoms with E-state index in [0.29, 0.717) is 0 Å². The maximum absolute atomic E-state index is 12.9. The van der Waals surface area contributed by atoms with Crippen LogP contribution in [0.2, 0.25) is 0 Å². The lowest BCUT2D eigenvalue weighted by Gasteiger charge is -2.37. The van der Waals surface area contributed by atoms with Gasteiger partial charge in [0.1, 0.15) is 23.6 Å². The average molecular weight is 906 g/mol. The molecule has 2 aliphatic rings. The number of Topliss-reactive ketones (excluding diaryl/α,β-unsaturated/α-hetero) is 2. The van der Waals surface area contributed by atoms with Crippen LogP contribution in [-0.4, -0.2) is 149 Å². The number of carboxylic acids is 1. The molecule has 2 heterocycles. The number of aliphatic carboxylic acids is 1. The number of hydrogen-bond acceptors (Lipinski definition) is 16. The number of carbonyl (C=O) groups excluding carboxylic acids is 3. The molecule has 2 aliphatic heterocycles. The van der Waals surface area contributed by atoms with Gasteiger partial charge in [-0.15, -0.1) is 0 Å². The van der Waals surface area contributed by atoms with Gasteiger partial charge in [0.2, 0.25) is 0 Å². The Morgan fingerprint density at radius 3 is 1.67 bits per heavy atom. The van der Waals surface area contributed by atoms with Crippen LogP contribution >= 0.6 is 0 Å². The number of esters is 1. The molecule has 1 saturated heterocycles. The van der Waals surface area contributed by atoms with E-state index in [1.165, 1.54) is 0 Å². The van der Waals surface area contributed by atoms with Gasteiger partial charge in [-0.1, -0.05) is 98.9 Å². The minimum absolute atomic E-state index is 0.0914. The molecule has 0 bridgehead atoms. The highest BCUT2D eigenvalue weighted by Crippen LogP contribution is 2.26. The third-order valence-corrected chi connectivity index (χ3v) is 11.2. The van der Waals surface area contributed by atoms with E-state index in [2.05, 4.69) is 0 Å². The highest BCUT2D eigenvalue weighted by molar-refractivity contribution is 5.81. The van der Waals surface area contributed by atoms with Crippen LogP contribution in [0.25, 0.3) is 0 Å². The van der Waals surface area contributed by atoms with Gasteiger partial charge in [-0.2, -0.15) is 0 Å². The zero-order chi connectivity index (χ0) is 47.9. The first-order valence-electron chi connectivity index (χ1n) is 21.8. The van der Waals surface area contributed by atoms with E-state index in [4.69, 9.17) is 19.9 Å². The predicted octanol–water partition coefficient (Wildman–Crippen LogP) is 1.79. The standard InChI is InChI=1S/C47H71NO16/c1-28-17-15-13-11-9-7-5-6-8-10-12-14-16-18-36(64-43-27-37(48)46(59)31(4)63-43)26-41(56)44(47(60)61)40(55)24-35(52)23-39(54)38(53)20-19-32(49)21-33(50)22-34(51)25-42(57)62-30(3)29(2)45(28)58/h5-18,28-32,34,36-41,43-46,49,51,53-56,58-59H,19-27,48H2,1-4H3,(H,60,61). The number of hydrogen-bond donors (Lipinski definition) is 10. The summed E-state index contributed by atoms with van der Waals surface area (Å²) in [6.45, 7) is 6.77. The van der Waals surface area contributed by atoms with Crippen molar-refractivity contribution in [3.05, 3.63) is 85.1 Å². The van der Waals surface area contributed by atoms with Crippen molar-refractivity contribution >= 4 is 23.5 Å². The maximum Gasteiger partial charge on any atom is 0.311 e. The van der Waals surface area contributed by atoms with Crippen LogP contribution in [0.15, 0.2) is 85.1 Å². The van der Waals surface area contributed by atoms with Crippen LogP contribution in [0, 0.1) is 17.8 Å². The number of rotatable bonds is 3. The van der Waals surface area contributed by atoms with Crippen molar-refractivity contribution < 1.29 is 79.3 Å². The second-order valence-corrected chi connectivity index (χ2v) is 16.8. The van der Waals surface area contributed by atoms with Crippen molar-refractivity contribution in [2.24, 2.45) is 23.5 Å². The zero-order valence-corrected chi connectivity index (χ0v) is 37.1. The molecule has 0 saturated carbocycles. The number of ether oxygens (including phenoxy) is 3. The van der Waals surface area contributed by atoms with Crippen LogP contribution in [0.1, 0.15) is 85.5 Å². The van der Waals surface area contributed by atoms with Crippen LogP contribution in [0.4, 0.5) is 0 Å². The van der Waals surface area contributed by atoms with Crippen LogP contribution in [-0.2, 0) is 33.4 Å². The number of carboxylic acid groups (broad SMARTS) is 1. The molecule has 0 radical (unpaired) electrons. The second kappa shape index (κ2) is 29.5. The SMILES string of the molecule is CC1C=CC=CC=CC=CC=CC=CC=CC(OC2CC(N)C(O)C(C)O2)CC(O)C(C(=O)O)C(O)CC(=O)CC(O)C(O)CCC(O)CC(=O)CC(O)CC(=O)OC(C)C(C)C1O. The van der Waals surface area contributed by atoms with Gasteiger partial charge in [-0.25, -0.2) is 0 Å². The van der Waals surface area contributed by atoms with Crippen molar-refractivity contribution in [3.63, 3.8) is 0 Å². The third kappa shape index (κ3) is 21.3. The molecular weight excluding hydrogens is 835 g/mol. The number of carbonyl (C=O) groups is 4. The summed E-state index contributed by atoms with van der Waals surface area (Å²) in [5.41, 5.74) is 6.06. The van der Waals surface area contributed by atoms with E-state index in [9.17, 15) is 65.1 Å². The Bertz CT molecular complexity index is 1640. The fraction of sp³-hybridized carbons (Fsp3) is 0.617. The van der Waals surface area contributed by atoms with Crippen molar-refractivity contribution in [2.75, 3.05) is 0 Å². The molecule has 11 N–H and O–H groups in total. The van der Waals surface area contributed by atoms with Crippen molar-refractivity contribution in [2.45, 2.75) is 165 Å². The van der Waals surface area contributed by atoms with Gasteiger partial charge in [0.25, 0.3) is 0 Å². The largest absolute Gasteiger partial charge is 0.481 e. The summed E-state index contributed by atoms with van der Waals surface area (Å²) < 4.78 is 17.2. The monoisotopic (exact) mass is 905 g/mol. The molecule has 17 heteroatoms. The summed E-state index contributed by atoms with van der Waals surface area (Å²) in [5, 5.41) is 94.8. The number of allylic oxidation sites excluding steroid dienone is 12. The summed E-state index contributed by atoms with van der Waals surface area (Å²) in [6, 6.07) is -0.683. The van der Waals surface area contributed by atoms with Crippen LogP contribution in [0.3, 0.4) is 0 Å². The number of ketones is 2. The Balaban J connectivity index is 2.27. The quantitative estimate of drug-likeness (QED) is 0.181. The first-order valence-corrected chi connectivity index (χ1v) is 21.8. The number of aliphatic hydroxyl groups excluding tert-OH is 8.